The molecule has 0 bridgehead atoms. The van der Waals surface area contributed by atoms with Gasteiger partial charge in [0.1, 0.15) is 15.7 Å². The zero-order chi connectivity index (χ0) is 11.5. The van der Waals surface area contributed by atoms with E-state index in [1.165, 1.54) is 13.2 Å². The van der Waals surface area contributed by atoms with E-state index in [9.17, 15) is 4.21 Å². The third-order valence-electron chi connectivity index (χ3n) is 1.93. The molecule has 0 aromatic carbocycles. The number of nitrogens with one attached hydrogen (secondary N) is 1. The number of aromatic nitrogens is 1. The normalized spacial score (nSPS) is 14.7. The Morgan fingerprint density at radius 1 is 1.53 bits per heavy atom. The van der Waals surface area contributed by atoms with Crippen LogP contribution in [0.3, 0.4) is 0 Å². The van der Waals surface area contributed by atoms with Crippen LogP contribution in [0, 0.1) is 0 Å². The lowest BCUT2D eigenvalue weighted by molar-refractivity contribution is 0.591. The van der Waals surface area contributed by atoms with E-state index in [0.717, 1.165) is 0 Å². The van der Waals surface area contributed by atoms with Gasteiger partial charge in [0.15, 0.2) is 0 Å². The molecule has 6 nitrogen and oxygen atoms in total. The number of anilines is 1. The van der Waals surface area contributed by atoms with Crippen LogP contribution in [0.5, 0.6) is 0 Å². The average molecular weight is 229 g/mol. The van der Waals surface area contributed by atoms with E-state index in [1.54, 1.807) is 30.5 Å². The van der Waals surface area contributed by atoms with Crippen molar-refractivity contribution in [2.45, 2.75) is 4.90 Å². The molecule has 1 atom stereocenters. The van der Waals surface area contributed by atoms with Gasteiger partial charge < -0.3 is 5.43 Å². The minimum absolute atomic E-state index is 0.523. The first-order valence-electron chi connectivity index (χ1n) is 4.30. The highest BCUT2D eigenvalue weighted by Gasteiger charge is 2.14. The van der Waals surface area contributed by atoms with Gasteiger partial charge in [-0.25, -0.2) is 23.7 Å². The SMILES string of the molecule is CN=S(=O)(c1ccc(NN)nc1)N(C)C. The molecule has 0 saturated heterocycles. The van der Waals surface area contributed by atoms with Crippen molar-refractivity contribution >= 4 is 15.7 Å². The minimum atomic E-state index is -2.52. The van der Waals surface area contributed by atoms with E-state index in [1.807, 2.05) is 0 Å². The number of hydrogen-bond acceptors (Lipinski definition) is 5. The van der Waals surface area contributed by atoms with Crippen LogP contribution in [0.15, 0.2) is 27.6 Å². The molecule has 0 radical (unpaired) electrons. The summed E-state index contributed by atoms with van der Waals surface area (Å²) in [5, 5.41) is 0. The summed E-state index contributed by atoms with van der Waals surface area (Å²) in [6, 6.07) is 3.35. The van der Waals surface area contributed by atoms with Crippen LogP contribution in [0.2, 0.25) is 0 Å². The van der Waals surface area contributed by atoms with Crippen LogP contribution in [0.1, 0.15) is 0 Å². The number of nitrogens with zero attached hydrogens (tertiary/aromatic N) is 3. The molecule has 0 aliphatic rings. The summed E-state index contributed by atoms with van der Waals surface area (Å²) in [5.74, 6) is 5.71. The van der Waals surface area contributed by atoms with Gasteiger partial charge in [-0.15, -0.1) is 0 Å². The number of hydrazine groups is 1. The van der Waals surface area contributed by atoms with Gasteiger partial charge in [0.05, 0.1) is 4.90 Å². The van der Waals surface area contributed by atoms with E-state index in [4.69, 9.17) is 5.84 Å². The van der Waals surface area contributed by atoms with Crippen LogP contribution in [-0.2, 0) is 9.92 Å². The number of rotatable bonds is 3. The third-order valence-corrected chi connectivity index (χ3v) is 4.27. The number of nitrogens with two attached hydrogens (primary N) is 1. The van der Waals surface area contributed by atoms with Gasteiger partial charge >= 0.3 is 0 Å². The molecule has 1 aromatic rings. The monoisotopic (exact) mass is 229 g/mol. The summed E-state index contributed by atoms with van der Waals surface area (Å²) < 4.78 is 17.8. The summed E-state index contributed by atoms with van der Waals surface area (Å²) >= 11 is 0. The molecule has 0 aliphatic carbocycles. The zero-order valence-corrected chi connectivity index (χ0v) is 9.78. The zero-order valence-electron chi connectivity index (χ0n) is 8.97. The van der Waals surface area contributed by atoms with Gasteiger partial charge in [0, 0.05) is 27.3 Å². The molecule has 15 heavy (non-hydrogen) atoms. The van der Waals surface area contributed by atoms with Crippen LogP contribution < -0.4 is 11.3 Å². The lowest BCUT2D eigenvalue weighted by Crippen LogP contribution is -2.22. The fourth-order valence-electron chi connectivity index (χ4n) is 1.10. The van der Waals surface area contributed by atoms with Gasteiger partial charge in [-0.2, -0.15) is 0 Å². The molecule has 1 rings (SSSR count). The summed E-state index contributed by atoms with van der Waals surface area (Å²) in [6.45, 7) is 0. The fourth-order valence-corrected chi connectivity index (χ4v) is 2.50. The predicted molar refractivity (Wildman–Crippen MR) is 60.5 cm³/mol. The number of pyridine rings is 1. The Balaban J connectivity index is 3.22. The lowest BCUT2D eigenvalue weighted by Gasteiger charge is -2.16. The topological polar surface area (TPSA) is 83.6 Å². The van der Waals surface area contributed by atoms with E-state index >= 15 is 0 Å². The largest absolute Gasteiger partial charge is 0.308 e. The van der Waals surface area contributed by atoms with E-state index in [-0.39, 0.29) is 0 Å². The molecule has 1 unspecified atom stereocenters. The molecule has 1 aromatic heterocycles. The molecule has 7 heteroatoms. The maximum absolute atomic E-state index is 12.3. The van der Waals surface area contributed by atoms with Gasteiger partial charge in [0.2, 0.25) is 0 Å². The van der Waals surface area contributed by atoms with Gasteiger partial charge in [-0.05, 0) is 12.1 Å². The molecule has 0 saturated carbocycles. The summed E-state index contributed by atoms with van der Waals surface area (Å²) in [5.41, 5.74) is 2.40. The van der Waals surface area contributed by atoms with Crippen LogP contribution >= 0.6 is 0 Å². The minimum Gasteiger partial charge on any atom is -0.308 e. The number of nitrogen functional groups attached to an aromatic ring is 1. The molecule has 0 aliphatic heterocycles. The molecular formula is C8H15N5OS. The molecule has 0 fully saturated rings. The molecule has 84 valence electrons. The van der Waals surface area contributed by atoms with Gasteiger partial charge in [-0.3, -0.25) is 0 Å². The van der Waals surface area contributed by atoms with Crippen LogP contribution in [-0.4, -0.2) is 34.6 Å². The van der Waals surface area contributed by atoms with Crippen LogP contribution in [0.4, 0.5) is 5.82 Å². The summed E-state index contributed by atoms with van der Waals surface area (Å²) in [6.07, 6.45) is 1.50. The first-order valence-corrected chi connectivity index (χ1v) is 5.77. The Labute approximate surface area is 89.8 Å². The van der Waals surface area contributed by atoms with Crippen molar-refractivity contribution < 1.29 is 4.21 Å². The van der Waals surface area contributed by atoms with Crippen molar-refractivity contribution in [2.24, 2.45) is 10.2 Å². The van der Waals surface area contributed by atoms with Crippen LogP contribution in [0.25, 0.3) is 0 Å². The maximum atomic E-state index is 12.3. The smallest absolute Gasteiger partial charge is 0.140 e. The highest BCUT2D eigenvalue weighted by atomic mass is 32.2. The molecular weight excluding hydrogens is 214 g/mol. The third kappa shape index (κ3) is 2.25. The van der Waals surface area contributed by atoms with Crippen molar-refractivity contribution in [3.05, 3.63) is 18.3 Å². The van der Waals surface area contributed by atoms with E-state index in [2.05, 4.69) is 14.8 Å². The second-order valence-electron chi connectivity index (χ2n) is 3.02. The Bertz CT molecular complexity index is 433. The van der Waals surface area contributed by atoms with Crippen molar-refractivity contribution in [1.29, 1.82) is 0 Å². The first kappa shape index (κ1) is 11.9. The Kier molecular flexibility index (Phi) is 3.61. The van der Waals surface area contributed by atoms with Crippen molar-refractivity contribution in [3.63, 3.8) is 0 Å². The lowest BCUT2D eigenvalue weighted by atomic mass is 10.5. The average Bonchev–Trinajstić information content (AvgIpc) is 2.28. The highest BCUT2D eigenvalue weighted by Crippen LogP contribution is 2.15. The highest BCUT2D eigenvalue weighted by molar-refractivity contribution is 7.91. The Morgan fingerprint density at radius 2 is 2.20 bits per heavy atom. The predicted octanol–water partition coefficient (Wildman–Crippen LogP) is 0.300. The van der Waals surface area contributed by atoms with Gasteiger partial charge in [0.25, 0.3) is 0 Å². The Hall–Kier alpha value is -1.18. The summed E-state index contributed by atoms with van der Waals surface area (Å²) in [7, 11) is 2.43. The van der Waals surface area contributed by atoms with Crippen molar-refractivity contribution in [2.75, 3.05) is 26.6 Å². The quantitative estimate of drug-likeness (QED) is 0.577. The van der Waals surface area contributed by atoms with E-state index in [0.29, 0.717) is 10.7 Å². The van der Waals surface area contributed by atoms with Crippen molar-refractivity contribution in [3.8, 4) is 0 Å². The molecule has 3 N–H and O–H groups in total. The molecule has 0 amide bonds. The standard InChI is InChI=1S/C8H15N5OS/c1-10-15(14,13(2)3)7-4-5-8(12-9)11-6-7/h4-6H,9H2,1-3H3,(H,11,12). The summed E-state index contributed by atoms with van der Waals surface area (Å²) in [4.78, 5) is 4.56. The first-order chi connectivity index (χ1) is 7.04. The van der Waals surface area contributed by atoms with Crippen molar-refractivity contribution in [1.82, 2.24) is 9.29 Å². The maximum Gasteiger partial charge on any atom is 0.140 e. The second-order valence-corrected chi connectivity index (χ2v) is 5.58. The van der Waals surface area contributed by atoms with E-state index < -0.39 is 9.92 Å². The second kappa shape index (κ2) is 4.56. The molecule has 0 spiro atoms. The van der Waals surface area contributed by atoms with Gasteiger partial charge in [-0.1, -0.05) is 0 Å². The fraction of sp³-hybridized carbons (Fsp3) is 0.375. The Morgan fingerprint density at radius 3 is 2.53 bits per heavy atom. The molecule has 1 heterocycles. The number of hydrogen-bond donors (Lipinski definition) is 2.